The second-order valence-corrected chi connectivity index (χ2v) is 10.1. The van der Waals surface area contributed by atoms with E-state index in [1.807, 2.05) is 6.07 Å². The molecule has 0 aliphatic rings. The van der Waals surface area contributed by atoms with Gasteiger partial charge >= 0.3 is 5.97 Å². The fourth-order valence-corrected chi connectivity index (χ4v) is 4.52. The summed E-state index contributed by atoms with van der Waals surface area (Å²) < 4.78 is 11.2. The highest BCUT2D eigenvalue weighted by atomic mass is 16.5. The first kappa shape index (κ1) is 29.3. The molecule has 0 saturated heterocycles. The summed E-state index contributed by atoms with van der Waals surface area (Å²) in [6.07, 6.45) is 13.3. The fraction of sp³-hybridized carbons (Fsp3) is 0.457. The number of carbonyl (C=O) groups is 1. The molecule has 3 aromatic carbocycles. The van der Waals surface area contributed by atoms with Crippen LogP contribution in [0, 0.1) is 11.8 Å². The number of fused-ring (bicyclic) bond motifs is 1. The smallest absolute Gasteiger partial charge is 0.306 e. The lowest BCUT2D eigenvalue weighted by molar-refractivity contribution is -0.145. The molecule has 0 spiro atoms. The summed E-state index contributed by atoms with van der Waals surface area (Å²) in [5, 5.41) is 2.30. The SMILES string of the molecule is CCCCCCCCCCCCOc1ccc(-c2ccc3cc(C#CC(C)OC(=O)CC)ccc3c2)cc1. The summed E-state index contributed by atoms with van der Waals surface area (Å²) in [4.78, 5) is 11.4. The second-order valence-electron chi connectivity index (χ2n) is 10.1. The molecule has 3 rings (SSSR count). The monoisotopic (exact) mass is 512 g/mol. The van der Waals surface area contributed by atoms with E-state index in [2.05, 4.69) is 73.4 Å². The minimum absolute atomic E-state index is 0.230. The minimum atomic E-state index is -0.414. The van der Waals surface area contributed by atoms with E-state index in [-0.39, 0.29) is 5.97 Å². The molecular weight excluding hydrogens is 468 g/mol. The summed E-state index contributed by atoms with van der Waals surface area (Å²) >= 11 is 0. The van der Waals surface area contributed by atoms with Crippen LogP contribution in [0.4, 0.5) is 0 Å². The van der Waals surface area contributed by atoms with Gasteiger partial charge in [0.15, 0.2) is 6.10 Å². The van der Waals surface area contributed by atoms with Gasteiger partial charge in [-0.3, -0.25) is 4.79 Å². The molecule has 0 aromatic heterocycles. The Morgan fingerprint density at radius 1 is 0.737 bits per heavy atom. The molecule has 0 aliphatic carbocycles. The van der Waals surface area contributed by atoms with E-state index in [9.17, 15) is 4.79 Å². The number of rotatable bonds is 15. The van der Waals surface area contributed by atoms with E-state index in [4.69, 9.17) is 9.47 Å². The van der Waals surface area contributed by atoms with Crippen molar-refractivity contribution in [2.24, 2.45) is 0 Å². The maximum absolute atomic E-state index is 11.4. The molecular formula is C35H44O3. The Kier molecular flexibility index (Phi) is 12.8. The quantitative estimate of drug-likeness (QED) is 0.116. The average Bonchev–Trinajstić information content (AvgIpc) is 2.94. The maximum Gasteiger partial charge on any atom is 0.306 e. The molecule has 0 heterocycles. The van der Waals surface area contributed by atoms with Crippen LogP contribution in [0.2, 0.25) is 0 Å². The molecule has 3 nitrogen and oxygen atoms in total. The van der Waals surface area contributed by atoms with Crippen LogP contribution < -0.4 is 4.74 Å². The number of benzene rings is 3. The van der Waals surface area contributed by atoms with Crippen LogP contribution in [0.5, 0.6) is 5.75 Å². The lowest BCUT2D eigenvalue weighted by Gasteiger charge is -2.09. The Morgan fingerprint density at radius 3 is 2.03 bits per heavy atom. The van der Waals surface area contributed by atoms with E-state index in [1.54, 1.807) is 13.8 Å². The van der Waals surface area contributed by atoms with Gasteiger partial charge in [0.25, 0.3) is 0 Å². The van der Waals surface area contributed by atoms with Crippen LogP contribution in [0.25, 0.3) is 21.9 Å². The topological polar surface area (TPSA) is 35.5 Å². The van der Waals surface area contributed by atoms with Gasteiger partial charge in [0.1, 0.15) is 5.75 Å². The van der Waals surface area contributed by atoms with Crippen LogP contribution in [0.15, 0.2) is 60.7 Å². The molecule has 1 atom stereocenters. The molecule has 0 bridgehead atoms. The Bertz CT molecular complexity index is 1180. The molecule has 0 N–H and O–H groups in total. The maximum atomic E-state index is 11.4. The summed E-state index contributed by atoms with van der Waals surface area (Å²) in [6, 6.07) is 21.1. The van der Waals surface area contributed by atoms with Gasteiger partial charge in [0, 0.05) is 12.0 Å². The first-order valence-corrected chi connectivity index (χ1v) is 14.6. The van der Waals surface area contributed by atoms with Gasteiger partial charge < -0.3 is 9.47 Å². The summed E-state index contributed by atoms with van der Waals surface area (Å²) in [5.74, 6) is 6.83. The van der Waals surface area contributed by atoms with Crippen LogP contribution >= 0.6 is 0 Å². The van der Waals surface area contributed by atoms with Crippen LogP contribution in [-0.4, -0.2) is 18.7 Å². The van der Waals surface area contributed by atoms with Gasteiger partial charge in [0.05, 0.1) is 6.61 Å². The van der Waals surface area contributed by atoms with Gasteiger partial charge in [-0.25, -0.2) is 0 Å². The highest BCUT2D eigenvalue weighted by Crippen LogP contribution is 2.27. The van der Waals surface area contributed by atoms with Gasteiger partial charge in [-0.05, 0) is 65.6 Å². The second kappa shape index (κ2) is 16.6. The third-order valence-corrected chi connectivity index (χ3v) is 6.81. The predicted molar refractivity (Wildman–Crippen MR) is 159 cm³/mol. The highest BCUT2D eigenvalue weighted by molar-refractivity contribution is 5.88. The van der Waals surface area contributed by atoms with Gasteiger partial charge in [-0.1, -0.05) is 114 Å². The van der Waals surface area contributed by atoms with Crippen molar-refractivity contribution < 1.29 is 14.3 Å². The molecule has 3 aromatic rings. The van der Waals surface area contributed by atoms with E-state index < -0.39 is 6.10 Å². The molecule has 38 heavy (non-hydrogen) atoms. The molecule has 0 radical (unpaired) electrons. The predicted octanol–water partition coefficient (Wildman–Crippen LogP) is 9.50. The van der Waals surface area contributed by atoms with E-state index >= 15 is 0 Å². The average molecular weight is 513 g/mol. The number of hydrogen-bond acceptors (Lipinski definition) is 3. The van der Waals surface area contributed by atoms with Crippen molar-refractivity contribution in [3.63, 3.8) is 0 Å². The zero-order valence-electron chi connectivity index (χ0n) is 23.6. The molecule has 0 fully saturated rings. The third-order valence-electron chi connectivity index (χ3n) is 6.81. The van der Waals surface area contributed by atoms with Crippen LogP contribution in [0.3, 0.4) is 0 Å². The molecule has 0 saturated carbocycles. The highest BCUT2D eigenvalue weighted by Gasteiger charge is 2.05. The number of esters is 1. The summed E-state index contributed by atoms with van der Waals surface area (Å²) in [7, 11) is 0. The first-order chi connectivity index (χ1) is 18.6. The number of unbranched alkanes of at least 4 members (excludes halogenated alkanes) is 9. The molecule has 1 unspecified atom stereocenters. The zero-order valence-corrected chi connectivity index (χ0v) is 23.6. The Labute approximate surface area is 229 Å². The van der Waals surface area contributed by atoms with Crippen molar-refractivity contribution in [3.8, 4) is 28.7 Å². The van der Waals surface area contributed by atoms with Crippen molar-refractivity contribution in [1.29, 1.82) is 0 Å². The summed E-state index contributed by atoms with van der Waals surface area (Å²) in [6.45, 7) is 6.63. The van der Waals surface area contributed by atoms with Gasteiger partial charge in [-0.15, -0.1) is 0 Å². The molecule has 3 heteroatoms. The normalized spacial score (nSPS) is 11.6. The largest absolute Gasteiger partial charge is 0.494 e. The van der Waals surface area contributed by atoms with Gasteiger partial charge in [-0.2, -0.15) is 0 Å². The number of ether oxygens (including phenoxy) is 2. The zero-order chi connectivity index (χ0) is 27.0. The third kappa shape index (κ3) is 10.3. The molecule has 0 aliphatic heterocycles. The lowest BCUT2D eigenvalue weighted by atomic mass is 10.00. The number of carbonyl (C=O) groups excluding carboxylic acids is 1. The van der Waals surface area contributed by atoms with E-state index in [1.165, 1.54) is 74.3 Å². The van der Waals surface area contributed by atoms with E-state index in [0.29, 0.717) is 6.42 Å². The standard InChI is InChI=1S/C35H44O3/c1-4-6-7-8-9-10-11-12-13-14-25-37-34-23-21-30(22-24-34)32-20-19-31-26-29(17-18-33(31)27-32)16-15-28(3)38-35(36)5-2/h17-24,26-28H,4-14,25H2,1-3H3. The minimum Gasteiger partial charge on any atom is -0.494 e. The Morgan fingerprint density at radius 2 is 1.34 bits per heavy atom. The van der Waals surface area contributed by atoms with Crippen molar-refractivity contribution in [2.75, 3.05) is 6.61 Å². The summed E-state index contributed by atoms with van der Waals surface area (Å²) in [5.41, 5.74) is 3.26. The lowest BCUT2D eigenvalue weighted by Crippen LogP contribution is -2.11. The van der Waals surface area contributed by atoms with E-state index in [0.717, 1.165) is 29.7 Å². The van der Waals surface area contributed by atoms with Gasteiger partial charge in [0.2, 0.25) is 0 Å². The molecule has 0 amide bonds. The molecule has 202 valence electrons. The fourth-order valence-electron chi connectivity index (χ4n) is 4.52. The van der Waals surface area contributed by atoms with Crippen molar-refractivity contribution in [3.05, 3.63) is 66.2 Å². The van der Waals surface area contributed by atoms with Crippen molar-refractivity contribution >= 4 is 16.7 Å². The van der Waals surface area contributed by atoms with Crippen LogP contribution in [0.1, 0.15) is 97.0 Å². The first-order valence-electron chi connectivity index (χ1n) is 14.6. The van der Waals surface area contributed by atoms with Crippen molar-refractivity contribution in [2.45, 2.75) is 97.5 Å². The Balaban J connectivity index is 1.44. The Hall–Kier alpha value is -3.25. The number of hydrogen-bond donors (Lipinski definition) is 0. The van der Waals surface area contributed by atoms with Crippen molar-refractivity contribution in [1.82, 2.24) is 0 Å². The van der Waals surface area contributed by atoms with Crippen LogP contribution in [-0.2, 0) is 9.53 Å².